The van der Waals surface area contributed by atoms with Crippen molar-refractivity contribution in [2.24, 2.45) is 5.92 Å². The van der Waals surface area contributed by atoms with Crippen molar-refractivity contribution >= 4 is 52.5 Å². The largest absolute Gasteiger partial charge is 0.495 e. The van der Waals surface area contributed by atoms with Gasteiger partial charge in [0.25, 0.3) is 11.8 Å². The number of fused-ring (bicyclic) bond motifs is 1. The lowest BCUT2D eigenvalue weighted by molar-refractivity contribution is -0.140. The van der Waals surface area contributed by atoms with Gasteiger partial charge in [0.2, 0.25) is 17.8 Å². The minimum absolute atomic E-state index is 0.0734. The van der Waals surface area contributed by atoms with Gasteiger partial charge in [-0.2, -0.15) is 13.8 Å². The first-order valence-electron chi connectivity index (χ1n) is 21.7. The van der Waals surface area contributed by atoms with Gasteiger partial charge in [-0.25, -0.2) is 4.98 Å². The molecule has 1 aromatic carbocycles. The van der Waals surface area contributed by atoms with E-state index < -0.39 is 18.4 Å². The zero-order chi connectivity index (χ0) is 42.8. The Kier molecular flexibility index (Phi) is 12.4. The molecular formula is C44H56F2N10O5. The Morgan fingerprint density at radius 2 is 1.72 bits per heavy atom. The quantitative estimate of drug-likeness (QED) is 0.211. The molecule has 1 atom stereocenters. The minimum atomic E-state index is -3.57. The number of aromatic nitrogens is 3. The summed E-state index contributed by atoms with van der Waals surface area (Å²) in [6, 6.07) is 9.45. The molecule has 17 heteroatoms. The molecular weight excluding hydrogens is 787 g/mol. The molecule has 5 heterocycles. The van der Waals surface area contributed by atoms with E-state index in [1.165, 1.54) is 20.4 Å². The third kappa shape index (κ3) is 9.26. The van der Waals surface area contributed by atoms with Crippen molar-refractivity contribution in [1.29, 1.82) is 0 Å². The lowest BCUT2D eigenvalue weighted by Crippen LogP contribution is -2.48. The van der Waals surface area contributed by atoms with Crippen LogP contribution in [0.15, 0.2) is 42.7 Å². The Labute approximate surface area is 355 Å². The van der Waals surface area contributed by atoms with E-state index in [-0.39, 0.29) is 53.2 Å². The number of pyridine rings is 1. The van der Waals surface area contributed by atoms with Crippen LogP contribution in [0.3, 0.4) is 0 Å². The van der Waals surface area contributed by atoms with Crippen molar-refractivity contribution in [3.8, 4) is 5.75 Å². The van der Waals surface area contributed by atoms with Crippen LogP contribution in [-0.2, 0) is 14.4 Å². The van der Waals surface area contributed by atoms with Gasteiger partial charge in [0.15, 0.2) is 5.82 Å². The Bertz CT molecular complexity index is 2100. The Hall–Kier alpha value is -5.45. The molecule has 8 rings (SSSR count). The van der Waals surface area contributed by atoms with Gasteiger partial charge >= 0.3 is 5.92 Å². The van der Waals surface area contributed by atoms with Gasteiger partial charge in [-0.3, -0.25) is 29.5 Å². The molecule has 2 aliphatic carbocycles. The molecule has 2 aromatic heterocycles. The number of rotatable bonds is 11. The maximum atomic E-state index is 15.0. The molecule has 0 bridgehead atoms. The fraction of sp³-hybridized carbons (Fsp3) is 0.568. The Morgan fingerprint density at radius 1 is 0.967 bits per heavy atom. The molecule has 2 saturated carbocycles. The SMILES string of the molecule is COc1cc(C(=O)NC2CCC(CN(C)C3CCN(c4ccc(C5CCC(=O)NC5=O)nc4)CC3)CC2)ccc1Nc1ncc2c(n1)N(C1CCCC1)CC(F)(F)C(=O)N2C. The molecule has 4 fully saturated rings. The molecule has 0 spiro atoms. The van der Waals surface area contributed by atoms with Crippen molar-refractivity contribution in [3.05, 3.63) is 54.0 Å². The number of hydrogen-bond donors (Lipinski definition) is 3. The fourth-order valence-corrected chi connectivity index (χ4v) is 9.81. The first kappa shape index (κ1) is 42.2. The van der Waals surface area contributed by atoms with Gasteiger partial charge < -0.3 is 35.0 Å². The predicted octanol–water partition coefficient (Wildman–Crippen LogP) is 5.39. The zero-order valence-corrected chi connectivity index (χ0v) is 35.2. The molecule has 1 unspecified atom stereocenters. The number of carbonyl (C=O) groups is 4. The standard InChI is InChI=1S/C44H56F2N10O5/c1-53(30-18-20-55(21-19-30)32-13-16-34(47-23-32)33-14-17-38(57)51-41(33)59)25-27-8-11-29(12-9-27)49-40(58)28-10-15-35(37(22-28)61-3)50-43-48-24-36-39(52-43)56(31-6-4-5-7-31)26-44(45,46)42(60)54(36)2/h10,13,15-16,22-24,27,29-31,33H,4-9,11-12,14,17-21,25-26H2,1-3H3,(H,49,58)(H,48,50,52)(H,51,57,59). The molecule has 3 N–H and O–H groups in total. The summed E-state index contributed by atoms with van der Waals surface area (Å²) < 4.78 is 35.8. The van der Waals surface area contributed by atoms with Gasteiger partial charge in [-0.15, -0.1) is 0 Å². The number of amides is 4. The van der Waals surface area contributed by atoms with E-state index in [4.69, 9.17) is 4.74 Å². The molecule has 2 saturated heterocycles. The van der Waals surface area contributed by atoms with Crippen LogP contribution in [0.2, 0.25) is 0 Å². The number of carbonyl (C=O) groups excluding carboxylic acids is 4. The van der Waals surface area contributed by atoms with Gasteiger partial charge in [-0.1, -0.05) is 12.8 Å². The second-order valence-corrected chi connectivity index (χ2v) is 17.4. The number of halogens is 2. The Morgan fingerprint density at radius 3 is 2.41 bits per heavy atom. The molecule has 4 amide bonds. The first-order valence-corrected chi connectivity index (χ1v) is 21.7. The third-order valence-electron chi connectivity index (χ3n) is 13.4. The summed E-state index contributed by atoms with van der Waals surface area (Å²) in [7, 11) is 5.06. The normalized spacial score (nSPS) is 23.7. The molecule has 3 aliphatic heterocycles. The van der Waals surface area contributed by atoms with E-state index in [0.717, 1.165) is 94.4 Å². The number of methoxy groups -OCH3 is 1. The molecule has 0 radical (unpaired) electrons. The number of ether oxygens (including phenoxy) is 1. The van der Waals surface area contributed by atoms with Crippen molar-refractivity contribution in [3.63, 3.8) is 0 Å². The highest BCUT2D eigenvalue weighted by atomic mass is 19.3. The minimum Gasteiger partial charge on any atom is -0.495 e. The van der Waals surface area contributed by atoms with Crippen molar-refractivity contribution in [2.45, 2.75) is 107 Å². The number of alkyl halides is 2. The summed E-state index contributed by atoms with van der Waals surface area (Å²) >= 11 is 0. The van der Waals surface area contributed by atoms with Crippen LogP contribution < -0.4 is 35.4 Å². The second kappa shape index (κ2) is 17.9. The van der Waals surface area contributed by atoms with Gasteiger partial charge in [-0.05, 0) is 101 Å². The maximum Gasteiger partial charge on any atom is 0.342 e. The summed E-state index contributed by atoms with van der Waals surface area (Å²) in [6.07, 6.45) is 13.4. The molecule has 3 aromatic rings. The van der Waals surface area contributed by atoms with Crippen LogP contribution >= 0.6 is 0 Å². The van der Waals surface area contributed by atoms with Crippen LogP contribution in [0.1, 0.15) is 99.0 Å². The number of benzene rings is 1. The van der Waals surface area contributed by atoms with E-state index >= 15 is 8.78 Å². The van der Waals surface area contributed by atoms with Crippen molar-refractivity contribution < 1.29 is 32.7 Å². The van der Waals surface area contributed by atoms with E-state index in [9.17, 15) is 19.2 Å². The highest BCUT2D eigenvalue weighted by molar-refractivity contribution is 6.02. The van der Waals surface area contributed by atoms with Gasteiger partial charge in [0.1, 0.15) is 11.4 Å². The topological polar surface area (TPSA) is 165 Å². The first-order chi connectivity index (χ1) is 29.4. The number of nitrogens with one attached hydrogen (secondary N) is 3. The lowest BCUT2D eigenvalue weighted by Gasteiger charge is -2.40. The fourth-order valence-electron chi connectivity index (χ4n) is 9.81. The molecule has 5 aliphatic rings. The van der Waals surface area contributed by atoms with Crippen LogP contribution in [-0.4, -0.2) is 115 Å². The molecule has 61 heavy (non-hydrogen) atoms. The summed E-state index contributed by atoms with van der Waals surface area (Å²) in [5, 5.41) is 8.79. The van der Waals surface area contributed by atoms with E-state index in [1.807, 2.05) is 18.3 Å². The van der Waals surface area contributed by atoms with Crippen LogP contribution in [0, 0.1) is 5.92 Å². The summed E-state index contributed by atoms with van der Waals surface area (Å²) in [5.41, 5.74) is 2.94. The summed E-state index contributed by atoms with van der Waals surface area (Å²) in [6.45, 7) is 2.14. The zero-order valence-electron chi connectivity index (χ0n) is 35.2. The highest BCUT2D eigenvalue weighted by Crippen LogP contribution is 2.40. The van der Waals surface area contributed by atoms with Crippen molar-refractivity contribution in [1.82, 2.24) is 30.5 Å². The van der Waals surface area contributed by atoms with E-state index in [2.05, 4.69) is 47.7 Å². The average Bonchev–Trinajstić information content (AvgIpc) is 3.79. The van der Waals surface area contributed by atoms with Gasteiger partial charge in [0, 0.05) is 56.8 Å². The van der Waals surface area contributed by atoms with Gasteiger partial charge in [0.05, 0.1) is 49.0 Å². The van der Waals surface area contributed by atoms with Crippen LogP contribution in [0.25, 0.3) is 0 Å². The summed E-state index contributed by atoms with van der Waals surface area (Å²) in [5.74, 6) is -4.51. The lowest BCUT2D eigenvalue weighted by atomic mass is 9.85. The van der Waals surface area contributed by atoms with E-state index in [1.54, 1.807) is 23.1 Å². The second-order valence-electron chi connectivity index (χ2n) is 17.4. The number of hydrogen-bond acceptors (Lipinski definition) is 12. The van der Waals surface area contributed by atoms with Crippen molar-refractivity contribution in [2.75, 3.05) is 67.4 Å². The number of imide groups is 1. The van der Waals surface area contributed by atoms with Crippen LogP contribution in [0.5, 0.6) is 5.75 Å². The highest BCUT2D eigenvalue weighted by Gasteiger charge is 2.49. The van der Waals surface area contributed by atoms with E-state index in [0.29, 0.717) is 47.5 Å². The predicted molar refractivity (Wildman–Crippen MR) is 227 cm³/mol. The smallest absolute Gasteiger partial charge is 0.342 e. The maximum absolute atomic E-state index is 15.0. The summed E-state index contributed by atoms with van der Waals surface area (Å²) in [4.78, 5) is 70.9. The van der Waals surface area contributed by atoms with Crippen LogP contribution in [0.4, 0.5) is 37.6 Å². The monoisotopic (exact) mass is 842 g/mol. The molecule has 15 nitrogen and oxygen atoms in total. The third-order valence-corrected chi connectivity index (χ3v) is 13.4. The number of nitrogens with zero attached hydrogens (tertiary/aromatic N) is 7. The number of anilines is 5. The average molecular weight is 843 g/mol. The molecule has 326 valence electrons. The number of piperidine rings is 2. The Balaban J connectivity index is 0.809.